The van der Waals surface area contributed by atoms with Crippen LogP contribution in [0, 0.1) is 5.41 Å². The van der Waals surface area contributed by atoms with Gasteiger partial charge in [-0.3, -0.25) is 0 Å². The second kappa shape index (κ2) is 13.3. The lowest BCUT2D eigenvalue weighted by Gasteiger charge is -2.28. The molecule has 0 amide bonds. The number of aliphatic hydroxyl groups excluding tert-OH is 1. The highest BCUT2D eigenvalue weighted by atomic mass is 16.5. The van der Waals surface area contributed by atoms with Gasteiger partial charge in [0.05, 0.1) is 7.11 Å². The van der Waals surface area contributed by atoms with Crippen molar-refractivity contribution in [3.05, 3.63) is 23.8 Å². The number of ether oxygens (including phenoxy) is 2. The van der Waals surface area contributed by atoms with Gasteiger partial charge in [0.25, 0.3) is 0 Å². The highest BCUT2D eigenvalue weighted by Crippen LogP contribution is 2.28. The minimum atomic E-state index is -0.496. The minimum absolute atomic E-state index is 0.208. The first-order valence-corrected chi connectivity index (χ1v) is 11.8. The van der Waals surface area contributed by atoms with Crippen LogP contribution in [0.3, 0.4) is 0 Å². The maximum absolute atomic E-state index is 10.5. The standard InChI is InChI=1S/C25H45N3O3/c1-25(2,20-27(3)4)19-26-16-21-11-12-23(24(15-21)30-5)31-18-22(29)17-28-13-9-7-6-8-10-14-28/h11-12,15,22,26,29H,6-10,13-14,16-20H2,1-5H3. The smallest absolute Gasteiger partial charge is 0.161 e. The first-order valence-electron chi connectivity index (χ1n) is 11.8. The molecule has 0 aliphatic carbocycles. The average Bonchev–Trinajstić information content (AvgIpc) is 2.67. The molecule has 178 valence electrons. The van der Waals surface area contributed by atoms with Crippen molar-refractivity contribution in [2.24, 2.45) is 5.41 Å². The number of aliphatic hydroxyl groups is 1. The Morgan fingerprint density at radius 1 is 1.10 bits per heavy atom. The Morgan fingerprint density at radius 3 is 2.42 bits per heavy atom. The van der Waals surface area contributed by atoms with E-state index in [4.69, 9.17) is 9.47 Å². The van der Waals surface area contributed by atoms with Gasteiger partial charge >= 0.3 is 0 Å². The lowest BCUT2D eigenvalue weighted by atomic mass is 9.93. The van der Waals surface area contributed by atoms with Crippen LogP contribution in [0.4, 0.5) is 0 Å². The Kier molecular flexibility index (Phi) is 11.1. The average molecular weight is 436 g/mol. The molecule has 0 bridgehead atoms. The summed E-state index contributed by atoms with van der Waals surface area (Å²) >= 11 is 0. The Bertz CT molecular complexity index is 628. The van der Waals surface area contributed by atoms with E-state index in [1.807, 2.05) is 12.1 Å². The van der Waals surface area contributed by atoms with E-state index in [9.17, 15) is 5.11 Å². The quantitative estimate of drug-likeness (QED) is 0.525. The van der Waals surface area contributed by atoms with Crippen molar-refractivity contribution in [3.8, 4) is 11.5 Å². The van der Waals surface area contributed by atoms with Crippen molar-refractivity contribution in [1.82, 2.24) is 15.1 Å². The molecule has 1 atom stereocenters. The molecule has 6 heteroatoms. The van der Waals surface area contributed by atoms with E-state index in [2.05, 4.69) is 49.1 Å². The molecule has 1 aromatic rings. The zero-order valence-corrected chi connectivity index (χ0v) is 20.5. The maximum atomic E-state index is 10.5. The zero-order chi connectivity index (χ0) is 22.7. The SMILES string of the molecule is COc1cc(CNCC(C)(C)CN(C)C)ccc1OCC(O)CN1CCCCCCC1. The Balaban J connectivity index is 1.81. The number of β-amino-alcohol motifs (C(OH)–C–C–N with tert-alkyl or cyclic N) is 1. The Morgan fingerprint density at radius 2 is 1.77 bits per heavy atom. The third kappa shape index (κ3) is 10.2. The molecular formula is C25H45N3O3. The Labute approximate surface area is 189 Å². The van der Waals surface area contributed by atoms with E-state index in [-0.39, 0.29) is 12.0 Å². The van der Waals surface area contributed by atoms with Crippen molar-refractivity contribution >= 4 is 0 Å². The number of hydrogen-bond acceptors (Lipinski definition) is 6. The molecule has 1 fully saturated rings. The fraction of sp³-hybridized carbons (Fsp3) is 0.760. The van der Waals surface area contributed by atoms with Gasteiger partial charge in [-0.05, 0) is 63.1 Å². The lowest BCUT2D eigenvalue weighted by Crippen LogP contribution is -2.37. The monoisotopic (exact) mass is 435 g/mol. The fourth-order valence-corrected chi connectivity index (χ4v) is 4.43. The summed E-state index contributed by atoms with van der Waals surface area (Å²) in [6.07, 6.45) is 5.90. The van der Waals surface area contributed by atoms with Gasteiger partial charge in [0.15, 0.2) is 11.5 Å². The predicted octanol–water partition coefficient (Wildman–Crippen LogP) is 3.38. The lowest BCUT2D eigenvalue weighted by molar-refractivity contribution is 0.0645. The Hall–Kier alpha value is -1.34. The van der Waals surface area contributed by atoms with Gasteiger partial charge in [0, 0.05) is 26.2 Å². The topological polar surface area (TPSA) is 57.2 Å². The normalized spacial score (nSPS) is 17.3. The number of nitrogens with one attached hydrogen (secondary N) is 1. The summed E-state index contributed by atoms with van der Waals surface area (Å²) in [4.78, 5) is 4.59. The molecule has 0 aromatic heterocycles. The van der Waals surface area contributed by atoms with Crippen LogP contribution >= 0.6 is 0 Å². The number of benzene rings is 1. The summed E-state index contributed by atoms with van der Waals surface area (Å²) < 4.78 is 11.5. The molecule has 1 unspecified atom stereocenters. The molecule has 31 heavy (non-hydrogen) atoms. The van der Waals surface area contributed by atoms with Crippen LogP contribution in [0.1, 0.15) is 51.5 Å². The third-order valence-corrected chi connectivity index (χ3v) is 5.75. The largest absolute Gasteiger partial charge is 0.493 e. The summed E-state index contributed by atoms with van der Waals surface area (Å²) in [6.45, 7) is 10.4. The molecule has 1 aromatic carbocycles. The fourth-order valence-electron chi connectivity index (χ4n) is 4.43. The van der Waals surface area contributed by atoms with Gasteiger partial charge in [-0.15, -0.1) is 0 Å². The van der Waals surface area contributed by atoms with Crippen LogP contribution in [0.25, 0.3) is 0 Å². The number of rotatable bonds is 12. The molecule has 1 saturated heterocycles. The van der Waals surface area contributed by atoms with Crippen molar-refractivity contribution < 1.29 is 14.6 Å². The first kappa shape index (κ1) is 25.9. The summed E-state index contributed by atoms with van der Waals surface area (Å²) in [5.41, 5.74) is 1.37. The van der Waals surface area contributed by atoms with Crippen molar-refractivity contribution in [2.45, 2.75) is 58.6 Å². The molecule has 1 aliphatic heterocycles. The van der Waals surface area contributed by atoms with Gasteiger partial charge < -0.3 is 29.7 Å². The summed E-state index contributed by atoms with van der Waals surface area (Å²) in [7, 11) is 5.88. The number of nitrogens with zero attached hydrogens (tertiary/aromatic N) is 2. The molecular weight excluding hydrogens is 390 g/mol. The summed E-state index contributed by atoms with van der Waals surface area (Å²) in [6, 6.07) is 6.03. The zero-order valence-electron chi connectivity index (χ0n) is 20.5. The molecule has 1 heterocycles. The van der Waals surface area contributed by atoms with E-state index in [0.717, 1.165) is 38.3 Å². The van der Waals surface area contributed by atoms with Crippen LogP contribution in [0.15, 0.2) is 18.2 Å². The van der Waals surface area contributed by atoms with E-state index >= 15 is 0 Å². The second-order valence-electron chi connectivity index (χ2n) is 10.0. The number of likely N-dealkylation sites (tertiary alicyclic amines) is 1. The van der Waals surface area contributed by atoms with Gasteiger partial charge in [-0.1, -0.05) is 39.2 Å². The molecule has 2 rings (SSSR count). The molecule has 0 radical (unpaired) electrons. The number of hydrogen-bond donors (Lipinski definition) is 2. The van der Waals surface area contributed by atoms with E-state index < -0.39 is 6.10 Å². The van der Waals surface area contributed by atoms with Gasteiger partial charge in [0.2, 0.25) is 0 Å². The van der Waals surface area contributed by atoms with Crippen LogP contribution in [0.5, 0.6) is 11.5 Å². The van der Waals surface area contributed by atoms with Crippen molar-refractivity contribution in [2.75, 3.05) is 60.5 Å². The second-order valence-corrected chi connectivity index (χ2v) is 10.0. The van der Waals surface area contributed by atoms with Crippen LogP contribution in [-0.2, 0) is 6.54 Å². The van der Waals surface area contributed by atoms with Crippen LogP contribution in [-0.4, -0.2) is 81.5 Å². The van der Waals surface area contributed by atoms with Crippen molar-refractivity contribution in [3.63, 3.8) is 0 Å². The van der Waals surface area contributed by atoms with Crippen LogP contribution in [0.2, 0.25) is 0 Å². The number of methoxy groups -OCH3 is 1. The molecule has 6 nitrogen and oxygen atoms in total. The maximum Gasteiger partial charge on any atom is 0.161 e. The molecule has 2 N–H and O–H groups in total. The highest BCUT2D eigenvalue weighted by molar-refractivity contribution is 5.43. The molecule has 0 spiro atoms. The van der Waals surface area contributed by atoms with Gasteiger partial charge in [-0.25, -0.2) is 0 Å². The van der Waals surface area contributed by atoms with Crippen LogP contribution < -0.4 is 14.8 Å². The van der Waals surface area contributed by atoms with Gasteiger partial charge in [0.1, 0.15) is 12.7 Å². The van der Waals surface area contributed by atoms with Gasteiger partial charge in [-0.2, -0.15) is 0 Å². The highest BCUT2D eigenvalue weighted by Gasteiger charge is 2.18. The van der Waals surface area contributed by atoms with E-state index in [1.165, 1.54) is 32.1 Å². The van der Waals surface area contributed by atoms with E-state index in [0.29, 0.717) is 18.0 Å². The van der Waals surface area contributed by atoms with E-state index in [1.54, 1.807) is 7.11 Å². The first-order chi connectivity index (χ1) is 14.8. The summed E-state index contributed by atoms with van der Waals surface area (Å²) in [5, 5.41) is 14.0. The molecule has 1 aliphatic rings. The molecule has 0 saturated carbocycles. The van der Waals surface area contributed by atoms with Crippen molar-refractivity contribution in [1.29, 1.82) is 0 Å². The third-order valence-electron chi connectivity index (χ3n) is 5.75. The summed E-state index contributed by atoms with van der Waals surface area (Å²) in [5.74, 6) is 1.40. The minimum Gasteiger partial charge on any atom is -0.493 e. The predicted molar refractivity (Wildman–Crippen MR) is 128 cm³/mol.